The van der Waals surface area contributed by atoms with Gasteiger partial charge in [-0.2, -0.15) is 0 Å². The monoisotopic (exact) mass is 328 g/mol. The van der Waals surface area contributed by atoms with Crippen LogP contribution in [0.1, 0.15) is 56.0 Å². The molecule has 0 bridgehead atoms. The van der Waals surface area contributed by atoms with Crippen LogP contribution in [0, 0.1) is 41.5 Å². The van der Waals surface area contributed by atoms with Crippen molar-refractivity contribution < 1.29 is 0 Å². The van der Waals surface area contributed by atoms with Crippen molar-refractivity contribution in [2.45, 2.75) is 47.5 Å². The van der Waals surface area contributed by atoms with Crippen LogP contribution < -0.4 is 0 Å². The van der Waals surface area contributed by atoms with E-state index in [0.717, 1.165) is 0 Å². The Kier molecular flexibility index (Phi) is 4.81. The van der Waals surface area contributed by atoms with Crippen LogP contribution in [0.5, 0.6) is 0 Å². The van der Waals surface area contributed by atoms with Gasteiger partial charge in [0.15, 0.2) is 0 Å². The van der Waals surface area contributed by atoms with Crippen molar-refractivity contribution in [1.82, 2.24) is 0 Å². The van der Waals surface area contributed by atoms with E-state index >= 15 is 0 Å². The van der Waals surface area contributed by atoms with Crippen LogP contribution in [-0.2, 0) is 0 Å². The topological polar surface area (TPSA) is 0 Å². The molecule has 0 atom stereocenters. The van der Waals surface area contributed by atoms with Gasteiger partial charge in [0.2, 0.25) is 0 Å². The molecule has 0 fully saturated rings. The van der Waals surface area contributed by atoms with E-state index < -0.39 is 0 Å². The molecular weight excluding hydrogens is 300 g/mol. The third-order valence-corrected chi connectivity index (χ3v) is 4.73. The number of benzene rings is 3. The van der Waals surface area contributed by atoms with Crippen LogP contribution in [-0.4, -0.2) is 0 Å². The van der Waals surface area contributed by atoms with E-state index in [-0.39, 0.29) is 5.92 Å². The van der Waals surface area contributed by atoms with Gasteiger partial charge in [-0.1, -0.05) is 88.0 Å². The van der Waals surface area contributed by atoms with Crippen molar-refractivity contribution in [2.75, 3.05) is 0 Å². The zero-order chi connectivity index (χ0) is 18.1. The lowest BCUT2D eigenvalue weighted by Crippen LogP contribution is -2.06. The Morgan fingerprint density at radius 2 is 0.560 bits per heavy atom. The Labute approximate surface area is 152 Å². The van der Waals surface area contributed by atoms with Gasteiger partial charge in [0.1, 0.15) is 0 Å². The molecular formula is C25H28. The summed E-state index contributed by atoms with van der Waals surface area (Å²) in [5.74, 6) is 0.274. The predicted molar refractivity (Wildman–Crippen MR) is 109 cm³/mol. The first-order valence-corrected chi connectivity index (χ1v) is 9.06. The molecule has 128 valence electrons. The molecule has 0 nitrogen and oxygen atoms in total. The molecule has 0 saturated heterocycles. The van der Waals surface area contributed by atoms with Crippen LogP contribution in [0.4, 0.5) is 0 Å². The van der Waals surface area contributed by atoms with Gasteiger partial charge in [0.25, 0.3) is 0 Å². The predicted octanol–water partition coefficient (Wildman–Crippen LogP) is 6.72. The zero-order valence-electron chi connectivity index (χ0n) is 16.3. The molecule has 0 saturated carbocycles. The fourth-order valence-corrected chi connectivity index (χ4v) is 4.11. The highest BCUT2D eigenvalue weighted by molar-refractivity contribution is 5.48. The molecule has 3 aromatic carbocycles. The molecule has 0 radical (unpaired) electrons. The minimum atomic E-state index is 0.274. The summed E-state index contributed by atoms with van der Waals surface area (Å²) in [6, 6.07) is 20.8. The second kappa shape index (κ2) is 6.88. The first-order chi connectivity index (χ1) is 11.8. The maximum Gasteiger partial charge on any atom is 0.0340 e. The standard InChI is InChI=1S/C25H28/c1-16-7-17(2)11-22(10-16)25(23-12-18(3)8-19(4)13-23)24-14-20(5)9-21(6)15-24/h7-15,25H,1-6H3. The first kappa shape index (κ1) is 17.5. The fourth-order valence-electron chi connectivity index (χ4n) is 4.11. The summed E-state index contributed by atoms with van der Waals surface area (Å²) in [7, 11) is 0. The zero-order valence-corrected chi connectivity index (χ0v) is 16.3. The van der Waals surface area contributed by atoms with E-state index in [2.05, 4.69) is 96.1 Å². The van der Waals surface area contributed by atoms with Crippen molar-refractivity contribution >= 4 is 0 Å². The van der Waals surface area contributed by atoms with Gasteiger partial charge in [0, 0.05) is 5.92 Å². The SMILES string of the molecule is Cc1cc(C)cc(C(c2cc(C)cc(C)c2)c2cc(C)cc(C)c2)c1. The third-order valence-electron chi connectivity index (χ3n) is 4.73. The van der Waals surface area contributed by atoms with Crippen molar-refractivity contribution in [3.05, 3.63) is 105 Å². The van der Waals surface area contributed by atoms with E-state index in [0.29, 0.717) is 0 Å². The van der Waals surface area contributed by atoms with Gasteiger partial charge in [-0.25, -0.2) is 0 Å². The highest BCUT2D eigenvalue weighted by atomic mass is 14.2. The second-order valence-corrected chi connectivity index (χ2v) is 7.70. The molecule has 0 unspecified atom stereocenters. The quantitative estimate of drug-likeness (QED) is 0.468. The smallest absolute Gasteiger partial charge is 0.0340 e. The van der Waals surface area contributed by atoms with E-state index in [1.54, 1.807) is 0 Å². The summed E-state index contributed by atoms with van der Waals surface area (Å²) < 4.78 is 0. The molecule has 25 heavy (non-hydrogen) atoms. The average molecular weight is 328 g/mol. The summed E-state index contributed by atoms with van der Waals surface area (Å²) in [4.78, 5) is 0. The van der Waals surface area contributed by atoms with Crippen molar-refractivity contribution in [3.63, 3.8) is 0 Å². The highest BCUT2D eigenvalue weighted by Crippen LogP contribution is 2.35. The lowest BCUT2D eigenvalue weighted by atomic mass is 9.82. The van der Waals surface area contributed by atoms with Gasteiger partial charge in [-0.3, -0.25) is 0 Å². The van der Waals surface area contributed by atoms with Gasteiger partial charge >= 0.3 is 0 Å². The number of aryl methyl sites for hydroxylation is 6. The number of hydrogen-bond donors (Lipinski definition) is 0. The Balaban J connectivity index is 2.27. The summed E-state index contributed by atoms with van der Waals surface area (Å²) in [5.41, 5.74) is 12.1. The van der Waals surface area contributed by atoms with Crippen molar-refractivity contribution in [1.29, 1.82) is 0 Å². The Hall–Kier alpha value is -2.34. The number of rotatable bonds is 3. The van der Waals surface area contributed by atoms with Crippen LogP contribution in [0.2, 0.25) is 0 Å². The van der Waals surface area contributed by atoms with E-state index in [9.17, 15) is 0 Å². The van der Waals surface area contributed by atoms with Crippen LogP contribution in [0.15, 0.2) is 54.6 Å². The normalized spacial score (nSPS) is 11.2. The maximum atomic E-state index is 2.34. The van der Waals surface area contributed by atoms with Crippen molar-refractivity contribution in [2.24, 2.45) is 0 Å². The molecule has 0 aliphatic rings. The summed E-state index contributed by atoms with van der Waals surface area (Å²) in [6.45, 7) is 13.1. The molecule has 3 aromatic rings. The van der Waals surface area contributed by atoms with E-state index in [1.165, 1.54) is 50.1 Å². The maximum absolute atomic E-state index is 2.34. The molecule has 0 heterocycles. The average Bonchev–Trinajstić information content (AvgIpc) is 2.44. The molecule has 0 amide bonds. The van der Waals surface area contributed by atoms with Gasteiger partial charge in [-0.05, 0) is 58.2 Å². The summed E-state index contributed by atoms with van der Waals surface area (Å²) in [5, 5.41) is 0. The van der Waals surface area contributed by atoms with Crippen LogP contribution >= 0.6 is 0 Å². The Morgan fingerprint density at radius 1 is 0.360 bits per heavy atom. The summed E-state index contributed by atoms with van der Waals surface area (Å²) in [6.07, 6.45) is 0. The lowest BCUT2D eigenvalue weighted by molar-refractivity contribution is 0.959. The second-order valence-electron chi connectivity index (χ2n) is 7.70. The van der Waals surface area contributed by atoms with E-state index in [1.807, 2.05) is 0 Å². The number of hydrogen-bond acceptors (Lipinski definition) is 0. The molecule has 0 aliphatic heterocycles. The molecule has 3 rings (SSSR count). The molecule has 0 heteroatoms. The Morgan fingerprint density at radius 3 is 0.760 bits per heavy atom. The summed E-state index contributed by atoms with van der Waals surface area (Å²) >= 11 is 0. The minimum absolute atomic E-state index is 0.274. The third kappa shape index (κ3) is 4.02. The molecule has 0 N–H and O–H groups in total. The first-order valence-electron chi connectivity index (χ1n) is 9.06. The van der Waals surface area contributed by atoms with Gasteiger partial charge in [-0.15, -0.1) is 0 Å². The molecule has 0 aromatic heterocycles. The van der Waals surface area contributed by atoms with Gasteiger partial charge < -0.3 is 0 Å². The van der Waals surface area contributed by atoms with E-state index in [4.69, 9.17) is 0 Å². The highest BCUT2D eigenvalue weighted by Gasteiger charge is 2.19. The van der Waals surface area contributed by atoms with Crippen molar-refractivity contribution in [3.8, 4) is 0 Å². The molecule has 0 aliphatic carbocycles. The fraction of sp³-hybridized carbons (Fsp3) is 0.280. The molecule has 0 spiro atoms. The lowest BCUT2D eigenvalue weighted by Gasteiger charge is -2.22. The van der Waals surface area contributed by atoms with Gasteiger partial charge in [0.05, 0.1) is 0 Å². The van der Waals surface area contributed by atoms with Crippen LogP contribution in [0.25, 0.3) is 0 Å². The largest absolute Gasteiger partial charge is 0.0564 e. The Bertz CT molecular complexity index is 732. The minimum Gasteiger partial charge on any atom is -0.0564 e. The van der Waals surface area contributed by atoms with Crippen LogP contribution in [0.3, 0.4) is 0 Å².